The summed E-state index contributed by atoms with van der Waals surface area (Å²) in [6.07, 6.45) is -4.22. The van der Waals surface area contributed by atoms with Gasteiger partial charge in [-0.25, -0.2) is 9.97 Å². The number of anilines is 1. The van der Waals surface area contributed by atoms with Gasteiger partial charge in [-0.2, -0.15) is 13.2 Å². The van der Waals surface area contributed by atoms with E-state index in [-0.39, 0.29) is 18.1 Å². The van der Waals surface area contributed by atoms with Crippen LogP contribution in [-0.2, 0) is 23.9 Å². The van der Waals surface area contributed by atoms with Crippen LogP contribution in [0.15, 0.2) is 0 Å². The van der Waals surface area contributed by atoms with E-state index in [4.69, 9.17) is 5.11 Å². The molecule has 0 bridgehead atoms. The minimum atomic E-state index is -4.59. The summed E-state index contributed by atoms with van der Waals surface area (Å²) >= 11 is 0. The molecule has 0 amide bonds. The van der Waals surface area contributed by atoms with Gasteiger partial charge in [0.15, 0.2) is 5.69 Å². The summed E-state index contributed by atoms with van der Waals surface area (Å²) in [6.45, 7) is 0.194. The van der Waals surface area contributed by atoms with Crippen LogP contribution >= 0.6 is 0 Å². The highest BCUT2D eigenvalue weighted by atomic mass is 19.4. The van der Waals surface area contributed by atoms with Gasteiger partial charge < -0.3 is 15.3 Å². The average molecular weight is 290 g/mol. The summed E-state index contributed by atoms with van der Waals surface area (Å²) < 4.78 is 39.1. The number of hydrogen-bond donors (Lipinski definition) is 2. The van der Waals surface area contributed by atoms with Crippen LogP contribution in [0.2, 0.25) is 0 Å². The van der Waals surface area contributed by atoms with Crippen molar-refractivity contribution in [1.82, 2.24) is 14.9 Å². The van der Waals surface area contributed by atoms with Crippen molar-refractivity contribution in [2.45, 2.75) is 19.1 Å². The molecule has 0 radical (unpaired) electrons. The van der Waals surface area contributed by atoms with Crippen LogP contribution in [-0.4, -0.2) is 46.1 Å². The molecule has 0 aliphatic carbocycles. The van der Waals surface area contributed by atoms with Crippen molar-refractivity contribution >= 4 is 11.9 Å². The average Bonchev–Trinajstić information content (AvgIpc) is 2.34. The fourth-order valence-corrected chi connectivity index (χ4v) is 2.02. The second-order valence-corrected chi connectivity index (χ2v) is 4.55. The summed E-state index contributed by atoms with van der Waals surface area (Å²) in [6, 6.07) is 0. The number of aromatic nitrogens is 2. The van der Waals surface area contributed by atoms with Crippen LogP contribution < -0.4 is 5.32 Å². The smallest absolute Gasteiger partial charge is 0.433 e. The van der Waals surface area contributed by atoms with Gasteiger partial charge in [-0.05, 0) is 7.05 Å². The summed E-state index contributed by atoms with van der Waals surface area (Å²) in [5.74, 6) is -1.50. The SMILES string of the molecule is CN1CCc2nc(NCC(=O)O)nc(C(F)(F)F)c2C1. The molecule has 2 heterocycles. The van der Waals surface area contributed by atoms with Crippen molar-refractivity contribution in [2.24, 2.45) is 0 Å². The molecule has 2 rings (SSSR count). The van der Waals surface area contributed by atoms with E-state index in [9.17, 15) is 18.0 Å². The van der Waals surface area contributed by atoms with Gasteiger partial charge in [0, 0.05) is 25.1 Å². The lowest BCUT2D eigenvalue weighted by atomic mass is 10.0. The lowest BCUT2D eigenvalue weighted by molar-refractivity contribution is -0.142. The van der Waals surface area contributed by atoms with Gasteiger partial charge in [-0.1, -0.05) is 0 Å². The second kappa shape index (κ2) is 5.23. The molecule has 0 saturated heterocycles. The number of halogens is 3. The standard InChI is InChI=1S/C11H13F3N4O2/c1-18-3-2-7-6(5-18)9(11(12,13)14)17-10(16-7)15-4-8(19)20/h2-5H2,1H3,(H,19,20)(H,15,16,17). The largest absolute Gasteiger partial charge is 0.480 e. The molecule has 110 valence electrons. The van der Waals surface area contributed by atoms with E-state index in [1.165, 1.54) is 0 Å². The molecule has 1 aromatic heterocycles. The Morgan fingerprint density at radius 1 is 1.45 bits per heavy atom. The van der Waals surface area contributed by atoms with Crippen LogP contribution in [0.5, 0.6) is 0 Å². The number of carboxylic acids is 1. The van der Waals surface area contributed by atoms with Gasteiger partial charge in [-0.3, -0.25) is 4.79 Å². The first-order valence-corrected chi connectivity index (χ1v) is 5.88. The lowest BCUT2D eigenvalue weighted by Gasteiger charge is -2.26. The maximum Gasteiger partial charge on any atom is 0.433 e. The highest BCUT2D eigenvalue weighted by molar-refractivity contribution is 5.71. The number of rotatable bonds is 3. The van der Waals surface area contributed by atoms with E-state index in [0.717, 1.165) is 0 Å². The number of aliphatic carboxylic acids is 1. The number of carboxylic acid groups (broad SMARTS) is 1. The van der Waals surface area contributed by atoms with Crippen molar-refractivity contribution in [3.8, 4) is 0 Å². The summed E-state index contributed by atoms with van der Waals surface area (Å²) in [7, 11) is 1.72. The molecule has 2 N–H and O–H groups in total. The Morgan fingerprint density at radius 2 is 2.15 bits per heavy atom. The van der Waals surface area contributed by atoms with Gasteiger partial charge in [0.2, 0.25) is 5.95 Å². The molecule has 9 heteroatoms. The minimum absolute atomic E-state index is 0.0622. The molecule has 0 saturated carbocycles. The van der Waals surface area contributed by atoms with E-state index >= 15 is 0 Å². The molecule has 0 atom stereocenters. The number of hydrogen-bond acceptors (Lipinski definition) is 5. The molecule has 1 aromatic rings. The zero-order valence-electron chi connectivity index (χ0n) is 10.7. The first kappa shape index (κ1) is 14.5. The third-order valence-corrected chi connectivity index (χ3v) is 2.92. The van der Waals surface area contributed by atoms with Crippen molar-refractivity contribution in [2.75, 3.05) is 25.5 Å². The molecular weight excluding hydrogens is 277 g/mol. The molecule has 0 aromatic carbocycles. The van der Waals surface area contributed by atoms with Gasteiger partial charge in [0.05, 0.1) is 5.69 Å². The Balaban J connectivity index is 2.41. The number of carbonyl (C=O) groups is 1. The Morgan fingerprint density at radius 3 is 2.75 bits per heavy atom. The fraction of sp³-hybridized carbons (Fsp3) is 0.545. The van der Waals surface area contributed by atoms with Crippen molar-refractivity contribution in [1.29, 1.82) is 0 Å². The topological polar surface area (TPSA) is 78.4 Å². The second-order valence-electron chi connectivity index (χ2n) is 4.55. The number of alkyl halides is 3. The highest BCUT2D eigenvalue weighted by Crippen LogP contribution is 2.34. The van der Waals surface area contributed by atoms with Crippen molar-refractivity contribution in [3.05, 3.63) is 17.0 Å². The van der Waals surface area contributed by atoms with E-state index in [1.807, 2.05) is 0 Å². The fourth-order valence-electron chi connectivity index (χ4n) is 2.02. The third kappa shape index (κ3) is 3.16. The molecule has 1 aliphatic heterocycles. The maximum atomic E-state index is 13.0. The minimum Gasteiger partial charge on any atom is -0.480 e. The molecule has 0 spiro atoms. The van der Waals surface area contributed by atoms with Crippen LogP contribution in [0.3, 0.4) is 0 Å². The number of nitrogens with zero attached hydrogens (tertiary/aromatic N) is 3. The number of likely N-dealkylation sites (N-methyl/N-ethyl adjacent to an activating group) is 1. The van der Waals surface area contributed by atoms with Crippen LogP contribution in [0.1, 0.15) is 17.0 Å². The summed E-state index contributed by atoms with van der Waals surface area (Å²) in [4.78, 5) is 19.6. The first-order valence-electron chi connectivity index (χ1n) is 5.88. The quantitative estimate of drug-likeness (QED) is 0.864. The predicted octanol–water partition coefficient (Wildman–Crippen LogP) is 0.980. The van der Waals surface area contributed by atoms with E-state index in [1.54, 1.807) is 11.9 Å². The van der Waals surface area contributed by atoms with Crippen LogP contribution in [0.4, 0.5) is 19.1 Å². The predicted molar refractivity (Wildman–Crippen MR) is 63.2 cm³/mol. The summed E-state index contributed by atoms with van der Waals surface area (Å²) in [5.41, 5.74) is -0.618. The van der Waals surface area contributed by atoms with Crippen molar-refractivity contribution < 1.29 is 23.1 Å². The first-order chi connectivity index (χ1) is 9.27. The maximum absolute atomic E-state index is 13.0. The van der Waals surface area contributed by atoms with Crippen LogP contribution in [0.25, 0.3) is 0 Å². The lowest BCUT2D eigenvalue weighted by Crippen LogP contribution is -2.31. The Hall–Kier alpha value is -1.90. The number of fused-ring (bicyclic) bond motifs is 1. The van der Waals surface area contributed by atoms with E-state index < -0.39 is 24.4 Å². The zero-order valence-corrected chi connectivity index (χ0v) is 10.7. The van der Waals surface area contributed by atoms with Gasteiger partial charge >= 0.3 is 12.1 Å². The highest BCUT2D eigenvalue weighted by Gasteiger charge is 2.38. The molecular formula is C11H13F3N4O2. The Labute approximate surface area is 112 Å². The third-order valence-electron chi connectivity index (χ3n) is 2.92. The number of nitrogens with one attached hydrogen (secondary N) is 1. The normalized spacial score (nSPS) is 15.8. The Bertz CT molecular complexity index is 533. The monoisotopic (exact) mass is 290 g/mol. The van der Waals surface area contributed by atoms with Gasteiger partial charge in [-0.15, -0.1) is 0 Å². The van der Waals surface area contributed by atoms with Crippen LogP contribution in [0, 0.1) is 0 Å². The van der Waals surface area contributed by atoms with Gasteiger partial charge in [0.25, 0.3) is 0 Å². The van der Waals surface area contributed by atoms with Gasteiger partial charge in [0.1, 0.15) is 6.54 Å². The zero-order chi connectivity index (χ0) is 14.9. The van der Waals surface area contributed by atoms with E-state index in [0.29, 0.717) is 18.7 Å². The molecule has 20 heavy (non-hydrogen) atoms. The molecule has 0 unspecified atom stereocenters. The Kier molecular flexibility index (Phi) is 3.80. The summed E-state index contributed by atoms with van der Waals surface area (Å²) in [5, 5.41) is 10.8. The van der Waals surface area contributed by atoms with Crippen molar-refractivity contribution in [3.63, 3.8) is 0 Å². The molecule has 1 aliphatic rings. The molecule has 0 fully saturated rings. The molecule has 6 nitrogen and oxygen atoms in total. The van der Waals surface area contributed by atoms with E-state index in [2.05, 4.69) is 15.3 Å².